The molecule has 21 heavy (non-hydrogen) atoms. The number of methoxy groups -OCH3 is 1. The number of nitrogens with zero attached hydrogens (tertiary/aromatic N) is 2. The third-order valence-corrected chi connectivity index (χ3v) is 2.53. The smallest absolute Gasteiger partial charge is 0.416 e. The summed E-state index contributed by atoms with van der Waals surface area (Å²) in [5.41, 5.74) is -0.841. The molecular formula is C13H10F3N3O2. The van der Waals surface area contributed by atoms with Crippen molar-refractivity contribution in [2.75, 3.05) is 12.4 Å². The first kappa shape index (κ1) is 14.8. The van der Waals surface area contributed by atoms with Gasteiger partial charge in [0.15, 0.2) is 0 Å². The van der Waals surface area contributed by atoms with Crippen LogP contribution in [-0.4, -0.2) is 23.0 Å². The number of anilines is 1. The van der Waals surface area contributed by atoms with Crippen LogP contribution in [0.15, 0.2) is 36.7 Å². The number of nitrogens with one attached hydrogen (secondary N) is 1. The Hall–Kier alpha value is -2.64. The Morgan fingerprint density at radius 3 is 2.67 bits per heavy atom. The van der Waals surface area contributed by atoms with Crippen LogP contribution in [0.3, 0.4) is 0 Å². The highest BCUT2D eigenvalue weighted by Crippen LogP contribution is 2.30. The maximum Gasteiger partial charge on any atom is 0.416 e. The molecule has 1 aromatic carbocycles. The minimum Gasteiger partial charge on any atom is -0.481 e. The molecule has 5 nitrogen and oxygen atoms in total. The highest BCUT2D eigenvalue weighted by molar-refractivity contribution is 6.03. The van der Waals surface area contributed by atoms with E-state index in [1.54, 1.807) is 0 Å². The fourth-order valence-corrected chi connectivity index (χ4v) is 1.54. The largest absolute Gasteiger partial charge is 0.481 e. The molecule has 0 saturated heterocycles. The van der Waals surface area contributed by atoms with E-state index in [0.717, 1.165) is 18.5 Å². The Morgan fingerprint density at radius 1 is 1.24 bits per heavy atom. The van der Waals surface area contributed by atoms with Crippen molar-refractivity contribution in [2.24, 2.45) is 0 Å². The number of hydrogen-bond donors (Lipinski definition) is 1. The van der Waals surface area contributed by atoms with Crippen LogP contribution in [-0.2, 0) is 6.18 Å². The van der Waals surface area contributed by atoms with E-state index >= 15 is 0 Å². The summed E-state index contributed by atoms with van der Waals surface area (Å²) >= 11 is 0. The van der Waals surface area contributed by atoms with E-state index in [4.69, 9.17) is 4.74 Å². The maximum absolute atomic E-state index is 12.6. The quantitative estimate of drug-likeness (QED) is 0.946. The molecule has 0 aliphatic carbocycles. The minimum absolute atomic E-state index is 0.0146. The van der Waals surface area contributed by atoms with Crippen LogP contribution < -0.4 is 10.1 Å². The summed E-state index contributed by atoms with van der Waals surface area (Å²) in [4.78, 5) is 19.4. The molecule has 0 aliphatic rings. The summed E-state index contributed by atoms with van der Waals surface area (Å²) < 4.78 is 42.6. The standard InChI is InChI=1S/C13H10F3N3O2/c1-21-11-6-10(17-7-18-11)12(20)19-9-4-2-3-8(5-9)13(14,15)16/h2-7H,1H3,(H,19,20). The van der Waals surface area contributed by atoms with E-state index in [-0.39, 0.29) is 17.3 Å². The van der Waals surface area contributed by atoms with Crippen LogP contribution in [0.1, 0.15) is 16.1 Å². The third kappa shape index (κ3) is 3.68. The average Bonchev–Trinajstić information content (AvgIpc) is 2.46. The number of alkyl halides is 3. The summed E-state index contributed by atoms with van der Waals surface area (Å²) in [5.74, 6) is -0.478. The molecule has 0 saturated carbocycles. The van der Waals surface area contributed by atoms with Gasteiger partial charge in [-0.05, 0) is 18.2 Å². The van der Waals surface area contributed by atoms with Crippen LogP contribution in [0.4, 0.5) is 18.9 Å². The van der Waals surface area contributed by atoms with Gasteiger partial charge in [-0.1, -0.05) is 6.07 Å². The van der Waals surface area contributed by atoms with Gasteiger partial charge in [0.2, 0.25) is 5.88 Å². The van der Waals surface area contributed by atoms with Gasteiger partial charge in [0.25, 0.3) is 5.91 Å². The molecule has 0 radical (unpaired) electrons. The first-order valence-corrected chi connectivity index (χ1v) is 5.75. The fourth-order valence-electron chi connectivity index (χ4n) is 1.54. The lowest BCUT2D eigenvalue weighted by atomic mass is 10.2. The van der Waals surface area contributed by atoms with E-state index in [2.05, 4.69) is 15.3 Å². The topological polar surface area (TPSA) is 64.1 Å². The second-order valence-electron chi connectivity index (χ2n) is 3.98. The number of rotatable bonds is 3. The normalized spacial score (nSPS) is 11.0. The van der Waals surface area contributed by atoms with Crippen LogP contribution in [0.25, 0.3) is 0 Å². The van der Waals surface area contributed by atoms with Crippen LogP contribution >= 0.6 is 0 Å². The van der Waals surface area contributed by atoms with Crippen LogP contribution in [0, 0.1) is 0 Å². The molecule has 2 aromatic rings. The molecule has 110 valence electrons. The van der Waals surface area contributed by atoms with Gasteiger partial charge >= 0.3 is 6.18 Å². The van der Waals surface area contributed by atoms with Gasteiger partial charge in [0.05, 0.1) is 12.7 Å². The molecule has 1 N–H and O–H groups in total. The number of ether oxygens (including phenoxy) is 1. The average molecular weight is 297 g/mol. The lowest BCUT2D eigenvalue weighted by Crippen LogP contribution is -2.15. The van der Waals surface area contributed by atoms with E-state index in [1.807, 2.05) is 0 Å². The van der Waals surface area contributed by atoms with Gasteiger partial charge in [0.1, 0.15) is 12.0 Å². The van der Waals surface area contributed by atoms with Gasteiger partial charge in [-0.15, -0.1) is 0 Å². The molecule has 0 aliphatic heterocycles. The van der Waals surface area contributed by atoms with Crippen molar-refractivity contribution < 1.29 is 22.7 Å². The molecule has 0 unspecified atom stereocenters. The number of benzene rings is 1. The molecule has 0 atom stereocenters. The molecule has 1 aromatic heterocycles. The van der Waals surface area contributed by atoms with E-state index in [1.165, 1.54) is 25.3 Å². The SMILES string of the molecule is COc1cc(C(=O)Nc2cccc(C(F)(F)F)c2)ncn1. The number of halogens is 3. The van der Waals surface area contributed by atoms with Gasteiger partial charge in [-0.2, -0.15) is 13.2 Å². The first-order valence-electron chi connectivity index (χ1n) is 5.75. The molecule has 1 amide bonds. The number of aromatic nitrogens is 2. The molecule has 0 spiro atoms. The van der Waals surface area contributed by atoms with Gasteiger partial charge in [-0.25, -0.2) is 9.97 Å². The molecule has 1 heterocycles. The van der Waals surface area contributed by atoms with Crippen molar-refractivity contribution in [1.29, 1.82) is 0 Å². The second-order valence-corrected chi connectivity index (χ2v) is 3.98. The molecular weight excluding hydrogens is 287 g/mol. The van der Waals surface area contributed by atoms with Gasteiger partial charge in [-0.3, -0.25) is 4.79 Å². The van der Waals surface area contributed by atoms with Crippen molar-refractivity contribution in [3.05, 3.63) is 47.9 Å². The van der Waals surface area contributed by atoms with Crippen LogP contribution in [0.2, 0.25) is 0 Å². The second kappa shape index (κ2) is 5.78. The summed E-state index contributed by atoms with van der Waals surface area (Å²) in [6, 6.07) is 5.60. The Balaban J connectivity index is 2.19. The van der Waals surface area contributed by atoms with Crippen molar-refractivity contribution in [2.45, 2.75) is 6.18 Å². The third-order valence-electron chi connectivity index (χ3n) is 2.53. The lowest BCUT2D eigenvalue weighted by Gasteiger charge is -2.09. The monoisotopic (exact) mass is 297 g/mol. The van der Waals surface area contributed by atoms with Crippen molar-refractivity contribution in [3.63, 3.8) is 0 Å². The number of hydrogen-bond acceptors (Lipinski definition) is 4. The zero-order valence-corrected chi connectivity index (χ0v) is 10.8. The Morgan fingerprint density at radius 2 is 2.00 bits per heavy atom. The Labute approximate surface area is 117 Å². The number of carbonyl (C=O) groups is 1. The Kier molecular flexibility index (Phi) is 4.06. The van der Waals surface area contributed by atoms with Gasteiger partial charge in [0, 0.05) is 11.8 Å². The number of carbonyl (C=O) groups excluding carboxylic acids is 1. The summed E-state index contributed by atoms with van der Waals surface area (Å²) in [6.45, 7) is 0. The maximum atomic E-state index is 12.6. The minimum atomic E-state index is -4.47. The van der Waals surface area contributed by atoms with Crippen molar-refractivity contribution in [1.82, 2.24) is 9.97 Å². The summed E-state index contributed by atoms with van der Waals surface area (Å²) in [7, 11) is 1.37. The highest BCUT2D eigenvalue weighted by Gasteiger charge is 2.30. The molecule has 0 bridgehead atoms. The fraction of sp³-hybridized carbons (Fsp3) is 0.154. The lowest BCUT2D eigenvalue weighted by molar-refractivity contribution is -0.137. The summed E-state index contributed by atoms with van der Waals surface area (Å²) in [5, 5.41) is 2.34. The molecule has 2 rings (SSSR count). The predicted molar refractivity (Wildman–Crippen MR) is 68.0 cm³/mol. The summed E-state index contributed by atoms with van der Waals surface area (Å²) in [6.07, 6.45) is -3.35. The van der Waals surface area contributed by atoms with E-state index in [0.29, 0.717) is 0 Å². The number of amides is 1. The highest BCUT2D eigenvalue weighted by atomic mass is 19.4. The van der Waals surface area contributed by atoms with E-state index in [9.17, 15) is 18.0 Å². The zero-order valence-electron chi connectivity index (χ0n) is 10.8. The molecule has 8 heteroatoms. The van der Waals surface area contributed by atoms with E-state index < -0.39 is 17.6 Å². The molecule has 0 fully saturated rings. The predicted octanol–water partition coefficient (Wildman–Crippen LogP) is 2.76. The Bertz CT molecular complexity index is 659. The first-order chi connectivity index (χ1) is 9.90. The van der Waals surface area contributed by atoms with Crippen molar-refractivity contribution in [3.8, 4) is 5.88 Å². The van der Waals surface area contributed by atoms with Crippen molar-refractivity contribution >= 4 is 11.6 Å². The zero-order chi connectivity index (χ0) is 15.5. The van der Waals surface area contributed by atoms with Crippen LogP contribution in [0.5, 0.6) is 5.88 Å². The van der Waals surface area contributed by atoms with Gasteiger partial charge < -0.3 is 10.1 Å².